The molecule has 0 radical (unpaired) electrons. The van der Waals surface area contributed by atoms with Gasteiger partial charge in [0.1, 0.15) is 11.5 Å². The van der Waals surface area contributed by atoms with Gasteiger partial charge in [-0.3, -0.25) is 0 Å². The minimum absolute atomic E-state index is 0.282. The first-order valence-electron chi connectivity index (χ1n) is 5.05. The van der Waals surface area contributed by atoms with Crippen molar-refractivity contribution in [3.8, 4) is 11.3 Å². The normalized spacial score (nSPS) is 10.9. The molecule has 0 unspecified atom stereocenters. The highest BCUT2D eigenvalue weighted by molar-refractivity contribution is 9.10. The van der Waals surface area contributed by atoms with E-state index in [1.165, 1.54) is 12.1 Å². The van der Waals surface area contributed by atoms with E-state index in [1.807, 2.05) is 24.3 Å². The lowest BCUT2D eigenvalue weighted by Gasteiger charge is -1.96. The Kier molecular flexibility index (Phi) is 2.44. The van der Waals surface area contributed by atoms with E-state index in [-0.39, 0.29) is 5.82 Å². The summed E-state index contributed by atoms with van der Waals surface area (Å²) >= 11 is 3.36. The summed E-state index contributed by atoms with van der Waals surface area (Å²) in [5, 5.41) is 4.86. The molecule has 0 spiro atoms. The van der Waals surface area contributed by atoms with Gasteiger partial charge >= 0.3 is 0 Å². The van der Waals surface area contributed by atoms with E-state index in [4.69, 9.17) is 4.52 Å². The van der Waals surface area contributed by atoms with Crippen LogP contribution in [0.3, 0.4) is 0 Å². The maximum absolute atomic E-state index is 13.2. The maximum Gasteiger partial charge on any atom is 0.168 e. The molecule has 1 heterocycles. The average molecular weight is 292 g/mol. The summed E-state index contributed by atoms with van der Waals surface area (Å²) in [4.78, 5) is 0. The van der Waals surface area contributed by atoms with Crippen LogP contribution in [0.1, 0.15) is 0 Å². The highest BCUT2D eigenvalue weighted by Gasteiger charge is 2.10. The van der Waals surface area contributed by atoms with Gasteiger partial charge in [-0.25, -0.2) is 4.39 Å². The molecule has 84 valence electrons. The Morgan fingerprint density at radius 3 is 2.82 bits per heavy atom. The molecule has 2 aromatic carbocycles. The van der Waals surface area contributed by atoms with Gasteiger partial charge in [0.2, 0.25) is 0 Å². The van der Waals surface area contributed by atoms with Gasteiger partial charge in [0.05, 0.1) is 0 Å². The number of aromatic nitrogens is 1. The summed E-state index contributed by atoms with van der Waals surface area (Å²) in [7, 11) is 0. The Morgan fingerprint density at radius 2 is 2.00 bits per heavy atom. The van der Waals surface area contributed by atoms with Crippen molar-refractivity contribution < 1.29 is 8.91 Å². The van der Waals surface area contributed by atoms with E-state index in [9.17, 15) is 4.39 Å². The largest absolute Gasteiger partial charge is 0.356 e. The third kappa shape index (κ3) is 1.85. The number of halogens is 2. The van der Waals surface area contributed by atoms with Crippen molar-refractivity contribution in [3.63, 3.8) is 0 Å². The number of benzene rings is 2. The van der Waals surface area contributed by atoms with Gasteiger partial charge in [0, 0.05) is 15.4 Å². The summed E-state index contributed by atoms with van der Waals surface area (Å²) in [5.74, 6) is -0.282. The standard InChI is InChI=1S/C13H7BrFNO/c14-9-4-5-11-12(7-9)17-16-13(11)8-2-1-3-10(15)6-8/h1-7H. The molecule has 0 amide bonds. The molecular weight excluding hydrogens is 285 g/mol. The Balaban J connectivity index is 2.24. The smallest absolute Gasteiger partial charge is 0.168 e. The predicted molar refractivity (Wildman–Crippen MR) is 67.1 cm³/mol. The molecule has 1 aromatic heterocycles. The number of nitrogens with zero attached hydrogens (tertiary/aromatic N) is 1. The van der Waals surface area contributed by atoms with Crippen LogP contribution >= 0.6 is 15.9 Å². The molecule has 0 atom stereocenters. The predicted octanol–water partition coefficient (Wildman–Crippen LogP) is 4.40. The van der Waals surface area contributed by atoms with Crippen LogP contribution in [0.15, 0.2) is 51.5 Å². The van der Waals surface area contributed by atoms with Crippen molar-refractivity contribution in [2.45, 2.75) is 0 Å². The van der Waals surface area contributed by atoms with E-state index in [1.54, 1.807) is 6.07 Å². The molecular formula is C13H7BrFNO. The van der Waals surface area contributed by atoms with Crippen LogP contribution in [-0.4, -0.2) is 5.16 Å². The zero-order valence-corrected chi connectivity index (χ0v) is 10.2. The lowest BCUT2D eigenvalue weighted by Crippen LogP contribution is -1.80. The van der Waals surface area contributed by atoms with Gasteiger partial charge < -0.3 is 4.52 Å². The highest BCUT2D eigenvalue weighted by Crippen LogP contribution is 2.29. The van der Waals surface area contributed by atoms with Gasteiger partial charge in [-0.05, 0) is 30.3 Å². The summed E-state index contributed by atoms with van der Waals surface area (Å²) in [6.45, 7) is 0. The lowest BCUT2D eigenvalue weighted by atomic mass is 10.1. The third-order valence-electron chi connectivity index (χ3n) is 2.53. The fourth-order valence-corrected chi connectivity index (χ4v) is 2.10. The SMILES string of the molecule is Fc1cccc(-c2noc3cc(Br)ccc23)c1. The summed E-state index contributed by atoms with van der Waals surface area (Å²) in [6.07, 6.45) is 0. The topological polar surface area (TPSA) is 26.0 Å². The highest BCUT2D eigenvalue weighted by atomic mass is 79.9. The molecule has 17 heavy (non-hydrogen) atoms. The molecule has 2 nitrogen and oxygen atoms in total. The third-order valence-corrected chi connectivity index (χ3v) is 3.03. The summed E-state index contributed by atoms with van der Waals surface area (Å²) < 4.78 is 19.3. The first-order valence-corrected chi connectivity index (χ1v) is 5.84. The Hall–Kier alpha value is -1.68. The Labute approximate surface area is 105 Å². The van der Waals surface area contributed by atoms with Crippen LogP contribution in [0, 0.1) is 5.82 Å². The van der Waals surface area contributed by atoms with Crippen LogP contribution in [0.4, 0.5) is 4.39 Å². The van der Waals surface area contributed by atoms with Crippen molar-refractivity contribution in [1.29, 1.82) is 0 Å². The molecule has 0 aliphatic carbocycles. The molecule has 3 rings (SSSR count). The summed E-state index contributed by atoms with van der Waals surface area (Å²) in [5.41, 5.74) is 2.05. The van der Waals surface area contributed by atoms with Crippen molar-refractivity contribution >= 4 is 26.9 Å². The molecule has 0 N–H and O–H groups in total. The molecule has 0 saturated heterocycles. The van der Waals surface area contributed by atoms with Gasteiger partial charge in [-0.1, -0.05) is 33.2 Å². The second-order valence-electron chi connectivity index (χ2n) is 3.68. The van der Waals surface area contributed by atoms with E-state index >= 15 is 0 Å². The first-order chi connectivity index (χ1) is 8.24. The Bertz CT molecular complexity index is 693. The van der Waals surface area contributed by atoms with Crippen molar-refractivity contribution in [3.05, 3.63) is 52.8 Å². The lowest BCUT2D eigenvalue weighted by molar-refractivity contribution is 0.459. The van der Waals surface area contributed by atoms with Gasteiger partial charge in [-0.15, -0.1) is 0 Å². The summed E-state index contributed by atoms with van der Waals surface area (Å²) in [6, 6.07) is 12.0. The number of hydrogen-bond acceptors (Lipinski definition) is 2. The molecule has 4 heteroatoms. The average Bonchev–Trinajstić information content (AvgIpc) is 2.71. The molecule has 0 fully saturated rings. The second-order valence-corrected chi connectivity index (χ2v) is 4.60. The molecule has 0 aliphatic heterocycles. The molecule has 0 saturated carbocycles. The fourth-order valence-electron chi connectivity index (χ4n) is 1.76. The quantitative estimate of drug-likeness (QED) is 0.664. The van der Waals surface area contributed by atoms with Crippen LogP contribution in [0.2, 0.25) is 0 Å². The second kappa shape index (κ2) is 3.96. The fraction of sp³-hybridized carbons (Fsp3) is 0. The van der Waals surface area contributed by atoms with E-state index in [0.717, 1.165) is 9.86 Å². The van der Waals surface area contributed by atoms with Crippen LogP contribution < -0.4 is 0 Å². The first kappa shape index (κ1) is 10.5. The van der Waals surface area contributed by atoms with Crippen molar-refractivity contribution in [2.75, 3.05) is 0 Å². The van der Waals surface area contributed by atoms with Gasteiger partial charge in [-0.2, -0.15) is 0 Å². The molecule has 0 aliphatic rings. The zero-order valence-electron chi connectivity index (χ0n) is 8.65. The molecule has 0 bridgehead atoms. The van der Waals surface area contributed by atoms with Crippen LogP contribution in [0.25, 0.3) is 22.2 Å². The van der Waals surface area contributed by atoms with Crippen molar-refractivity contribution in [2.24, 2.45) is 0 Å². The van der Waals surface area contributed by atoms with Crippen LogP contribution in [0.5, 0.6) is 0 Å². The van der Waals surface area contributed by atoms with E-state index in [0.29, 0.717) is 16.8 Å². The number of rotatable bonds is 1. The zero-order chi connectivity index (χ0) is 11.8. The Morgan fingerprint density at radius 1 is 1.12 bits per heavy atom. The van der Waals surface area contributed by atoms with Crippen LogP contribution in [-0.2, 0) is 0 Å². The van der Waals surface area contributed by atoms with Gasteiger partial charge in [0.25, 0.3) is 0 Å². The van der Waals surface area contributed by atoms with Gasteiger partial charge in [0.15, 0.2) is 5.58 Å². The van der Waals surface area contributed by atoms with E-state index in [2.05, 4.69) is 21.1 Å². The van der Waals surface area contributed by atoms with E-state index < -0.39 is 0 Å². The minimum atomic E-state index is -0.282. The van der Waals surface area contributed by atoms with Crippen molar-refractivity contribution in [1.82, 2.24) is 5.16 Å². The minimum Gasteiger partial charge on any atom is -0.356 e. The molecule has 3 aromatic rings. The monoisotopic (exact) mass is 291 g/mol. The number of fused-ring (bicyclic) bond motifs is 1. The maximum atomic E-state index is 13.2. The number of hydrogen-bond donors (Lipinski definition) is 0.